The van der Waals surface area contributed by atoms with Crippen LogP contribution in [0.3, 0.4) is 0 Å². The summed E-state index contributed by atoms with van der Waals surface area (Å²) in [6, 6.07) is 0. The van der Waals surface area contributed by atoms with E-state index in [0.29, 0.717) is 19.3 Å². The standard InChI is InChI=1S/C25H46O17.C2H6.H3OP/c1-10(2)37-8-11-13(27)16(30)20(34)24(40-11)42-25-21(35)17(31)19(33)23(41-25)38-9-12-14(28)15(29)18(32)22(39-12)36-7-5-3-4-6-26;2*1-2/h10-35H,3-9H2,1-2H3;1-2H3;1H,2H2. The van der Waals surface area contributed by atoms with Gasteiger partial charge in [-0.05, 0) is 42.6 Å². The summed E-state index contributed by atoms with van der Waals surface area (Å²) in [7, 11) is 1.42. The molecule has 0 aromatic rings. The molecule has 3 saturated heterocycles. The molecule has 3 aliphatic rings. The van der Waals surface area contributed by atoms with Crippen molar-refractivity contribution in [1.29, 1.82) is 0 Å². The molecular formula is C27H55O18P. The molecule has 0 bridgehead atoms. The van der Waals surface area contributed by atoms with Gasteiger partial charge in [-0.25, -0.2) is 0 Å². The van der Waals surface area contributed by atoms with Gasteiger partial charge in [-0.3, -0.25) is 0 Å². The summed E-state index contributed by atoms with van der Waals surface area (Å²) in [4.78, 5) is 6.92. The maximum absolute atomic E-state index is 10.5. The normalized spacial score (nSPS) is 41.3. The van der Waals surface area contributed by atoms with Gasteiger partial charge in [0.1, 0.15) is 67.1 Å². The Balaban J connectivity index is 0.00000254. The van der Waals surface area contributed by atoms with Crippen molar-refractivity contribution in [2.24, 2.45) is 0 Å². The second-order valence-corrected chi connectivity index (χ2v) is 10.9. The summed E-state index contributed by atoms with van der Waals surface area (Å²) in [5.41, 5.74) is 0. The molecule has 3 aliphatic heterocycles. The van der Waals surface area contributed by atoms with Crippen LogP contribution < -0.4 is 0 Å². The van der Waals surface area contributed by atoms with E-state index in [0.717, 1.165) is 0 Å². The SMILES string of the molecule is CC.CC(C)OCC1OC(OC2OC(OCC3OC(OCCCCCO)C(O)C(O)C3O)C(O)C(O)C2O)C(O)C(O)C1O.OP. The third-order valence-electron chi connectivity index (χ3n) is 7.23. The molecule has 0 saturated carbocycles. The van der Waals surface area contributed by atoms with Crippen LogP contribution in [0.15, 0.2) is 0 Å². The number of ether oxygens (including phenoxy) is 7. The summed E-state index contributed by atoms with van der Waals surface area (Å²) in [5.74, 6) is 0. The fourth-order valence-electron chi connectivity index (χ4n) is 4.63. The van der Waals surface area contributed by atoms with Crippen molar-refractivity contribution in [1.82, 2.24) is 0 Å². The van der Waals surface area contributed by atoms with Gasteiger partial charge in [0.05, 0.1) is 19.3 Å². The molecule has 0 aromatic heterocycles. The molecule has 11 N–H and O–H groups in total. The van der Waals surface area contributed by atoms with E-state index in [-0.39, 0.29) is 25.9 Å². The average molecular weight is 699 g/mol. The van der Waals surface area contributed by atoms with Crippen molar-refractivity contribution in [2.45, 2.75) is 145 Å². The Bertz CT molecular complexity index is 787. The van der Waals surface area contributed by atoms with Crippen molar-refractivity contribution < 1.29 is 89.1 Å². The average Bonchev–Trinajstić information content (AvgIpc) is 3.06. The molecule has 16 atom stereocenters. The Kier molecular flexibility index (Phi) is 21.3. The minimum Gasteiger partial charge on any atom is -0.396 e. The Morgan fingerprint density at radius 1 is 0.543 bits per heavy atom. The summed E-state index contributed by atoms with van der Waals surface area (Å²) < 4.78 is 38.4. The van der Waals surface area contributed by atoms with Crippen molar-refractivity contribution in [3.63, 3.8) is 0 Å². The zero-order valence-electron chi connectivity index (χ0n) is 26.5. The maximum atomic E-state index is 10.5. The lowest BCUT2D eigenvalue weighted by Gasteiger charge is -2.45. The summed E-state index contributed by atoms with van der Waals surface area (Å²) in [6.07, 6.45) is -22.9. The molecule has 0 radical (unpaired) electrons. The van der Waals surface area contributed by atoms with Crippen LogP contribution in [0, 0.1) is 0 Å². The zero-order chi connectivity index (χ0) is 35.1. The van der Waals surface area contributed by atoms with E-state index in [1.165, 1.54) is 9.47 Å². The van der Waals surface area contributed by atoms with Crippen LogP contribution in [0.1, 0.15) is 47.0 Å². The Morgan fingerprint density at radius 3 is 1.50 bits per heavy atom. The fourth-order valence-corrected chi connectivity index (χ4v) is 4.63. The molecule has 0 spiro atoms. The first kappa shape index (κ1) is 43.7. The molecule has 3 heterocycles. The van der Waals surface area contributed by atoms with E-state index in [2.05, 4.69) is 0 Å². The van der Waals surface area contributed by atoms with Gasteiger partial charge >= 0.3 is 0 Å². The van der Waals surface area contributed by atoms with Crippen molar-refractivity contribution in [3.8, 4) is 0 Å². The van der Waals surface area contributed by atoms with Gasteiger partial charge in [0.25, 0.3) is 0 Å². The molecule has 18 nitrogen and oxygen atoms in total. The van der Waals surface area contributed by atoms with Crippen LogP contribution in [-0.2, 0) is 33.2 Å². The molecule has 46 heavy (non-hydrogen) atoms. The van der Waals surface area contributed by atoms with Crippen LogP contribution in [0.5, 0.6) is 0 Å². The number of rotatable bonds is 14. The first-order chi connectivity index (χ1) is 21.9. The smallest absolute Gasteiger partial charge is 0.192 e. The van der Waals surface area contributed by atoms with E-state index in [1.54, 1.807) is 13.8 Å². The predicted molar refractivity (Wildman–Crippen MR) is 158 cm³/mol. The van der Waals surface area contributed by atoms with Gasteiger partial charge in [0.2, 0.25) is 0 Å². The lowest BCUT2D eigenvalue weighted by atomic mass is 9.99. The fraction of sp³-hybridized carbons (Fsp3) is 1.00. The molecule has 19 heteroatoms. The van der Waals surface area contributed by atoms with Gasteiger partial charge in [-0.2, -0.15) is 0 Å². The summed E-state index contributed by atoms with van der Waals surface area (Å²) in [6.45, 7) is 6.92. The van der Waals surface area contributed by atoms with Crippen molar-refractivity contribution in [2.75, 3.05) is 26.4 Å². The highest BCUT2D eigenvalue weighted by Crippen LogP contribution is 2.30. The highest BCUT2D eigenvalue weighted by Gasteiger charge is 2.51. The number of hydrogen-bond acceptors (Lipinski definition) is 18. The first-order valence-corrected chi connectivity index (χ1v) is 15.8. The Labute approximate surface area is 270 Å². The van der Waals surface area contributed by atoms with E-state index >= 15 is 0 Å². The second kappa shape index (κ2) is 22.4. The first-order valence-electron chi connectivity index (χ1n) is 15.3. The molecule has 276 valence electrons. The second-order valence-electron chi connectivity index (χ2n) is 10.9. The highest BCUT2D eigenvalue weighted by molar-refractivity contribution is 7.08. The summed E-state index contributed by atoms with van der Waals surface area (Å²) >= 11 is 0. The third kappa shape index (κ3) is 12.2. The van der Waals surface area contributed by atoms with Gasteiger partial charge in [0, 0.05) is 13.2 Å². The lowest BCUT2D eigenvalue weighted by molar-refractivity contribution is -0.402. The number of hydrogen-bond donors (Lipinski definition) is 11. The molecule has 0 aromatic carbocycles. The van der Waals surface area contributed by atoms with E-state index in [9.17, 15) is 46.0 Å². The van der Waals surface area contributed by atoms with E-state index in [1.807, 2.05) is 13.8 Å². The molecule has 0 aliphatic carbocycles. The number of unbranched alkanes of at least 4 members (excludes halogenated alkanes) is 2. The molecular weight excluding hydrogens is 643 g/mol. The van der Waals surface area contributed by atoms with Crippen LogP contribution in [0.2, 0.25) is 0 Å². The van der Waals surface area contributed by atoms with Gasteiger partial charge in [0.15, 0.2) is 25.2 Å². The molecule has 0 amide bonds. The topological polar surface area (TPSA) is 287 Å². The van der Waals surface area contributed by atoms with E-state index < -0.39 is 98.9 Å². The molecule has 3 rings (SSSR count). The highest BCUT2D eigenvalue weighted by atomic mass is 31.0. The van der Waals surface area contributed by atoms with Crippen molar-refractivity contribution >= 4 is 9.47 Å². The van der Waals surface area contributed by atoms with Crippen molar-refractivity contribution in [3.05, 3.63) is 0 Å². The van der Waals surface area contributed by atoms with E-state index in [4.69, 9.17) is 43.2 Å². The van der Waals surface area contributed by atoms with Crippen LogP contribution >= 0.6 is 9.47 Å². The lowest BCUT2D eigenvalue weighted by Crippen LogP contribution is -2.64. The largest absolute Gasteiger partial charge is 0.396 e. The van der Waals surface area contributed by atoms with Gasteiger partial charge in [-0.15, -0.1) is 0 Å². The Hall–Kier alpha value is -0.290. The summed E-state index contributed by atoms with van der Waals surface area (Å²) in [5, 5.41) is 102. The number of aliphatic hydroxyl groups is 10. The van der Waals surface area contributed by atoms with Crippen LogP contribution in [0.4, 0.5) is 0 Å². The Morgan fingerprint density at radius 2 is 0.978 bits per heavy atom. The quantitative estimate of drug-likeness (QED) is 0.0606. The number of aliphatic hydroxyl groups excluding tert-OH is 10. The predicted octanol–water partition coefficient (Wildman–Crippen LogP) is -4.20. The van der Waals surface area contributed by atoms with Crippen LogP contribution in [-0.4, -0.2) is 181 Å². The zero-order valence-corrected chi connectivity index (χ0v) is 27.7. The molecule has 16 unspecified atom stereocenters. The third-order valence-corrected chi connectivity index (χ3v) is 7.23. The maximum Gasteiger partial charge on any atom is 0.192 e. The minimum atomic E-state index is -1.88. The van der Waals surface area contributed by atoms with Crippen LogP contribution in [0.25, 0.3) is 0 Å². The molecule has 3 fully saturated rings. The van der Waals surface area contributed by atoms with Gasteiger partial charge < -0.3 is 89.1 Å². The monoisotopic (exact) mass is 698 g/mol. The minimum absolute atomic E-state index is 0.0205. The van der Waals surface area contributed by atoms with Gasteiger partial charge in [-0.1, -0.05) is 13.8 Å².